The highest BCUT2D eigenvalue weighted by Gasteiger charge is 2.55. The molecule has 2 aliphatic rings. The first-order valence-corrected chi connectivity index (χ1v) is 6.40. The summed E-state index contributed by atoms with van der Waals surface area (Å²) < 4.78 is 0. The van der Waals surface area contributed by atoms with Crippen molar-refractivity contribution in [3.05, 3.63) is 52.7 Å². The van der Waals surface area contributed by atoms with E-state index < -0.39 is 17.5 Å². The molecule has 4 rings (SSSR count). The Kier molecular flexibility index (Phi) is 2.04. The van der Waals surface area contributed by atoms with Crippen LogP contribution in [0, 0.1) is 0 Å². The number of benzene rings is 1. The molecule has 0 radical (unpaired) electrons. The van der Waals surface area contributed by atoms with E-state index in [9.17, 15) is 9.59 Å². The maximum Gasteiger partial charge on any atom is 0.322 e. The minimum Gasteiger partial charge on any atom is -0.316 e. The number of halogens is 1. The second-order valence-electron chi connectivity index (χ2n) is 4.75. The number of rotatable bonds is 0. The van der Waals surface area contributed by atoms with Crippen molar-refractivity contribution < 1.29 is 9.59 Å². The highest BCUT2D eigenvalue weighted by molar-refractivity contribution is 6.31. The lowest BCUT2D eigenvalue weighted by Gasteiger charge is -2.22. The molecule has 2 aromatic rings. The van der Waals surface area contributed by atoms with Gasteiger partial charge in [-0.1, -0.05) is 23.7 Å². The zero-order valence-corrected chi connectivity index (χ0v) is 10.9. The van der Waals surface area contributed by atoms with Crippen molar-refractivity contribution in [3.8, 4) is 11.3 Å². The van der Waals surface area contributed by atoms with Gasteiger partial charge in [-0.05, 0) is 18.2 Å². The van der Waals surface area contributed by atoms with Crippen LogP contribution in [0.4, 0.5) is 4.79 Å². The van der Waals surface area contributed by atoms with Crippen molar-refractivity contribution in [2.24, 2.45) is 0 Å². The molecule has 3 amide bonds. The fourth-order valence-corrected chi connectivity index (χ4v) is 3.11. The molecule has 0 saturated carbocycles. The Morgan fingerprint density at radius 2 is 2.00 bits per heavy atom. The molecule has 1 atom stereocenters. The molecule has 5 nitrogen and oxygen atoms in total. The summed E-state index contributed by atoms with van der Waals surface area (Å²) in [4.78, 5) is 28.3. The van der Waals surface area contributed by atoms with Gasteiger partial charge in [0.15, 0.2) is 5.54 Å². The highest BCUT2D eigenvalue weighted by Crippen LogP contribution is 2.48. The second kappa shape index (κ2) is 3.58. The fourth-order valence-electron chi connectivity index (χ4n) is 2.94. The number of amides is 3. The maximum absolute atomic E-state index is 12.4. The van der Waals surface area contributed by atoms with Crippen LogP contribution in [0.2, 0.25) is 5.02 Å². The Bertz CT molecular complexity index is 790. The van der Waals surface area contributed by atoms with Gasteiger partial charge in [-0.3, -0.25) is 15.1 Å². The molecule has 98 valence electrons. The first-order chi connectivity index (χ1) is 9.63. The van der Waals surface area contributed by atoms with Crippen molar-refractivity contribution >= 4 is 23.5 Å². The predicted molar refractivity (Wildman–Crippen MR) is 72.1 cm³/mol. The van der Waals surface area contributed by atoms with Crippen molar-refractivity contribution in [1.29, 1.82) is 0 Å². The smallest absolute Gasteiger partial charge is 0.316 e. The van der Waals surface area contributed by atoms with Crippen molar-refractivity contribution in [2.45, 2.75) is 5.54 Å². The van der Waals surface area contributed by atoms with Crippen LogP contribution in [0.1, 0.15) is 11.1 Å². The third kappa shape index (κ3) is 1.20. The number of nitrogens with one attached hydrogen (secondary N) is 2. The molecule has 1 aromatic heterocycles. The normalized spacial score (nSPS) is 22.4. The number of carbonyl (C=O) groups is 2. The van der Waals surface area contributed by atoms with Gasteiger partial charge in [0, 0.05) is 27.9 Å². The lowest BCUT2D eigenvalue weighted by Crippen LogP contribution is -2.43. The monoisotopic (exact) mass is 285 g/mol. The van der Waals surface area contributed by atoms with Gasteiger partial charge in [-0.15, -0.1) is 0 Å². The summed E-state index contributed by atoms with van der Waals surface area (Å²) in [6.07, 6.45) is 1.66. The van der Waals surface area contributed by atoms with Crippen molar-refractivity contribution in [2.75, 3.05) is 0 Å². The number of nitrogens with zero attached hydrogens (tertiary/aromatic N) is 1. The zero-order valence-electron chi connectivity index (χ0n) is 10.1. The minimum absolute atomic E-state index is 0.405. The minimum atomic E-state index is -1.22. The first kappa shape index (κ1) is 11.4. The zero-order chi connectivity index (χ0) is 13.9. The van der Waals surface area contributed by atoms with Gasteiger partial charge in [0.1, 0.15) is 0 Å². The summed E-state index contributed by atoms with van der Waals surface area (Å²) in [6, 6.07) is 8.28. The summed E-state index contributed by atoms with van der Waals surface area (Å²) in [5.41, 5.74) is 1.60. The van der Waals surface area contributed by atoms with Gasteiger partial charge in [0.25, 0.3) is 5.91 Å². The van der Waals surface area contributed by atoms with E-state index in [2.05, 4.69) is 15.6 Å². The van der Waals surface area contributed by atoms with Crippen LogP contribution in [-0.4, -0.2) is 16.9 Å². The van der Waals surface area contributed by atoms with Gasteiger partial charge in [-0.2, -0.15) is 0 Å². The number of fused-ring (bicyclic) bond motifs is 5. The average molecular weight is 286 g/mol. The fraction of sp³-hybridized carbons (Fsp3) is 0.0714. The molecule has 2 heterocycles. The molecule has 1 fully saturated rings. The van der Waals surface area contributed by atoms with Crippen molar-refractivity contribution in [1.82, 2.24) is 15.6 Å². The van der Waals surface area contributed by atoms with Gasteiger partial charge < -0.3 is 5.32 Å². The summed E-state index contributed by atoms with van der Waals surface area (Å²) in [5.74, 6) is -0.405. The molecule has 1 spiro atoms. The van der Waals surface area contributed by atoms with E-state index >= 15 is 0 Å². The summed E-state index contributed by atoms with van der Waals surface area (Å²) >= 11 is 6.05. The van der Waals surface area contributed by atoms with Gasteiger partial charge in [0.05, 0.1) is 5.69 Å². The van der Waals surface area contributed by atoms with E-state index in [1.54, 1.807) is 30.5 Å². The van der Waals surface area contributed by atoms with Crippen LogP contribution >= 0.6 is 11.6 Å². The van der Waals surface area contributed by atoms with Gasteiger partial charge in [-0.25, -0.2) is 4.79 Å². The lowest BCUT2D eigenvalue weighted by atomic mass is 9.88. The molecule has 2 N–H and O–H groups in total. The average Bonchev–Trinajstić information content (AvgIpc) is 2.88. The lowest BCUT2D eigenvalue weighted by molar-refractivity contribution is -0.122. The van der Waals surface area contributed by atoms with E-state index in [-0.39, 0.29) is 0 Å². The highest BCUT2D eigenvalue weighted by atomic mass is 35.5. The molecule has 1 saturated heterocycles. The molecule has 20 heavy (non-hydrogen) atoms. The van der Waals surface area contributed by atoms with E-state index in [0.717, 1.165) is 5.56 Å². The summed E-state index contributed by atoms with van der Waals surface area (Å²) in [5, 5.41) is 5.52. The molecule has 1 unspecified atom stereocenters. The Morgan fingerprint density at radius 3 is 2.75 bits per heavy atom. The molecule has 1 aromatic carbocycles. The molecule has 1 aliphatic heterocycles. The molecule has 0 bridgehead atoms. The molecular weight excluding hydrogens is 278 g/mol. The number of carbonyl (C=O) groups excluding carboxylic acids is 2. The Morgan fingerprint density at radius 1 is 1.15 bits per heavy atom. The SMILES string of the molecule is O=C1NC(=O)C2(N1)c1cc(Cl)ccc1-c1ncccc12. The van der Waals surface area contributed by atoms with E-state index in [1.807, 2.05) is 6.07 Å². The molecular formula is C14H8ClN3O2. The first-order valence-electron chi connectivity index (χ1n) is 6.02. The quantitative estimate of drug-likeness (QED) is 0.725. The van der Waals surface area contributed by atoms with E-state index in [4.69, 9.17) is 11.6 Å². The number of hydrogen-bond acceptors (Lipinski definition) is 3. The number of hydrogen-bond donors (Lipinski definition) is 2. The number of imide groups is 1. The largest absolute Gasteiger partial charge is 0.322 e. The van der Waals surface area contributed by atoms with Crippen LogP contribution in [-0.2, 0) is 10.3 Å². The maximum atomic E-state index is 12.4. The van der Waals surface area contributed by atoms with Gasteiger partial charge in [0.2, 0.25) is 0 Å². The van der Waals surface area contributed by atoms with Gasteiger partial charge >= 0.3 is 6.03 Å². The van der Waals surface area contributed by atoms with Crippen LogP contribution in [0.5, 0.6) is 0 Å². The Hall–Kier alpha value is -2.40. The molecule has 6 heteroatoms. The topological polar surface area (TPSA) is 71.1 Å². The molecule has 1 aliphatic carbocycles. The van der Waals surface area contributed by atoms with E-state index in [0.29, 0.717) is 21.8 Å². The number of aromatic nitrogens is 1. The Balaban J connectivity index is 2.12. The summed E-state index contributed by atoms with van der Waals surface area (Å²) in [7, 11) is 0. The van der Waals surface area contributed by atoms with Crippen molar-refractivity contribution in [3.63, 3.8) is 0 Å². The van der Waals surface area contributed by atoms with Crippen LogP contribution in [0.3, 0.4) is 0 Å². The third-order valence-electron chi connectivity index (χ3n) is 3.72. The summed E-state index contributed by atoms with van der Waals surface area (Å²) in [6.45, 7) is 0. The van der Waals surface area contributed by atoms with Crippen LogP contribution < -0.4 is 10.6 Å². The van der Waals surface area contributed by atoms with Crippen LogP contribution in [0.25, 0.3) is 11.3 Å². The van der Waals surface area contributed by atoms with E-state index in [1.165, 1.54) is 0 Å². The predicted octanol–water partition coefficient (Wildman–Crippen LogP) is 1.80. The number of urea groups is 1. The standard InChI is InChI=1S/C14H8ClN3O2/c15-7-3-4-8-10(6-7)14(12(19)17-13(20)18-14)9-2-1-5-16-11(8)9/h1-6H,(H2,17,18,19,20). The van der Waals surface area contributed by atoms with Crippen LogP contribution in [0.15, 0.2) is 36.5 Å². The second-order valence-corrected chi connectivity index (χ2v) is 5.18. The number of pyridine rings is 1. The Labute approximate surface area is 119 Å². The third-order valence-corrected chi connectivity index (χ3v) is 3.96.